The summed E-state index contributed by atoms with van der Waals surface area (Å²) in [6.45, 7) is 1.13. The first kappa shape index (κ1) is 23.6. The highest BCUT2D eigenvalue weighted by molar-refractivity contribution is 6.01. The normalized spacial score (nSPS) is 20.1. The Balaban J connectivity index is 1.34. The molecule has 5 rings (SSSR count). The summed E-state index contributed by atoms with van der Waals surface area (Å²) in [7, 11) is 1.61. The van der Waals surface area contributed by atoms with Gasteiger partial charge in [-0.05, 0) is 54.8 Å². The molecule has 0 unspecified atom stereocenters. The average molecular weight is 498 g/mol. The van der Waals surface area contributed by atoms with Crippen molar-refractivity contribution in [2.24, 2.45) is 12.2 Å². The number of aromatic nitrogens is 3. The molecular formula is C24H21F3N6O3. The van der Waals surface area contributed by atoms with E-state index in [4.69, 9.17) is 4.84 Å². The maximum absolute atomic E-state index is 12.5. The van der Waals surface area contributed by atoms with Crippen LogP contribution in [-0.4, -0.2) is 45.3 Å². The summed E-state index contributed by atoms with van der Waals surface area (Å²) in [6, 6.07) is 10.8. The number of alkyl halides is 3. The molecule has 1 atom stereocenters. The fourth-order valence-electron chi connectivity index (χ4n) is 4.66. The second-order valence-electron chi connectivity index (χ2n) is 8.85. The van der Waals surface area contributed by atoms with Crippen LogP contribution < -0.4 is 15.3 Å². The van der Waals surface area contributed by atoms with Gasteiger partial charge in [-0.25, -0.2) is 9.78 Å². The average Bonchev–Trinajstić information content (AvgIpc) is 3.15. The predicted molar refractivity (Wildman–Crippen MR) is 124 cm³/mol. The summed E-state index contributed by atoms with van der Waals surface area (Å²) in [5.74, 6) is 0.133. The van der Waals surface area contributed by atoms with Crippen molar-refractivity contribution in [1.29, 1.82) is 5.26 Å². The molecule has 1 fully saturated rings. The SMILES string of the molecule is Cn1c(=O)nc(N2CCC[C@]3(CC2)CC(c2ccc(OC(F)(F)F)cc2)=NO3)c2nc(C#N)ccc21. The Morgan fingerprint density at radius 2 is 1.89 bits per heavy atom. The van der Waals surface area contributed by atoms with Crippen molar-refractivity contribution in [3.63, 3.8) is 0 Å². The molecule has 2 aromatic heterocycles. The second kappa shape index (κ2) is 8.82. The first-order valence-corrected chi connectivity index (χ1v) is 11.3. The van der Waals surface area contributed by atoms with Crippen LogP contribution in [0, 0.1) is 11.3 Å². The van der Waals surface area contributed by atoms with Crippen molar-refractivity contribution in [3.8, 4) is 11.8 Å². The molecule has 0 N–H and O–H groups in total. The third-order valence-corrected chi connectivity index (χ3v) is 6.51. The highest BCUT2D eigenvalue weighted by Crippen LogP contribution is 2.37. The molecule has 36 heavy (non-hydrogen) atoms. The van der Waals surface area contributed by atoms with Gasteiger partial charge in [0, 0.05) is 33.0 Å². The molecule has 3 aromatic rings. The number of hydrogen-bond acceptors (Lipinski definition) is 8. The summed E-state index contributed by atoms with van der Waals surface area (Å²) < 4.78 is 42.6. The molecule has 4 heterocycles. The van der Waals surface area contributed by atoms with Gasteiger partial charge in [0.1, 0.15) is 28.6 Å². The molecule has 0 bridgehead atoms. The lowest BCUT2D eigenvalue weighted by atomic mass is 9.88. The summed E-state index contributed by atoms with van der Waals surface area (Å²) in [6.07, 6.45) is -2.23. The van der Waals surface area contributed by atoms with Gasteiger partial charge in [-0.15, -0.1) is 13.2 Å². The van der Waals surface area contributed by atoms with E-state index in [0.29, 0.717) is 60.5 Å². The number of ether oxygens (including phenoxy) is 1. The lowest BCUT2D eigenvalue weighted by Crippen LogP contribution is -2.33. The van der Waals surface area contributed by atoms with Crippen LogP contribution in [0.15, 0.2) is 46.3 Å². The molecule has 12 heteroatoms. The van der Waals surface area contributed by atoms with Crippen LogP contribution in [0.25, 0.3) is 11.0 Å². The van der Waals surface area contributed by atoms with Crippen LogP contribution in [-0.2, 0) is 11.9 Å². The van der Waals surface area contributed by atoms with Gasteiger partial charge in [0.2, 0.25) is 0 Å². The zero-order valence-electron chi connectivity index (χ0n) is 19.2. The minimum Gasteiger partial charge on any atom is -0.406 e. The number of hydrogen-bond donors (Lipinski definition) is 0. The van der Waals surface area contributed by atoms with E-state index in [0.717, 1.165) is 6.42 Å². The van der Waals surface area contributed by atoms with Gasteiger partial charge in [-0.1, -0.05) is 5.16 Å². The molecule has 186 valence electrons. The number of anilines is 1. The number of nitriles is 1. The van der Waals surface area contributed by atoms with Crippen LogP contribution in [0.2, 0.25) is 0 Å². The van der Waals surface area contributed by atoms with Gasteiger partial charge in [-0.3, -0.25) is 4.57 Å². The van der Waals surface area contributed by atoms with Crippen molar-refractivity contribution >= 4 is 22.6 Å². The van der Waals surface area contributed by atoms with E-state index >= 15 is 0 Å². The molecule has 2 aliphatic heterocycles. The second-order valence-corrected chi connectivity index (χ2v) is 8.85. The Bertz CT molecular complexity index is 1440. The van der Waals surface area contributed by atoms with E-state index in [2.05, 4.69) is 19.9 Å². The van der Waals surface area contributed by atoms with Crippen molar-refractivity contribution in [2.75, 3.05) is 18.0 Å². The number of pyridine rings is 1. The molecule has 0 saturated carbocycles. The lowest BCUT2D eigenvalue weighted by molar-refractivity contribution is -0.274. The number of benzene rings is 1. The lowest BCUT2D eigenvalue weighted by Gasteiger charge is -2.26. The first-order chi connectivity index (χ1) is 17.2. The number of rotatable bonds is 3. The Morgan fingerprint density at radius 1 is 1.11 bits per heavy atom. The Hall–Kier alpha value is -4.14. The molecule has 0 amide bonds. The van der Waals surface area contributed by atoms with Crippen LogP contribution >= 0.6 is 0 Å². The molecule has 1 spiro atoms. The van der Waals surface area contributed by atoms with Gasteiger partial charge < -0.3 is 14.5 Å². The Labute approximate surface area is 203 Å². The third kappa shape index (κ3) is 4.56. The minimum absolute atomic E-state index is 0.235. The minimum atomic E-state index is -4.75. The van der Waals surface area contributed by atoms with Gasteiger partial charge >= 0.3 is 12.1 Å². The maximum Gasteiger partial charge on any atom is 0.573 e. The van der Waals surface area contributed by atoms with E-state index in [1.54, 1.807) is 19.2 Å². The number of nitrogens with zero attached hydrogens (tertiary/aromatic N) is 6. The van der Waals surface area contributed by atoms with Gasteiger partial charge in [0.25, 0.3) is 0 Å². The van der Waals surface area contributed by atoms with E-state index in [1.165, 1.54) is 28.8 Å². The fourth-order valence-corrected chi connectivity index (χ4v) is 4.66. The standard InChI is InChI=1S/C24H21F3N6O3/c1-32-19-8-5-16(14-28)29-20(19)21(30-22(32)34)33-11-2-9-23(10-12-33)13-18(31-36-23)15-3-6-17(7-4-15)35-24(25,26)27/h3-8H,2,9-13H2,1H3/t23-/m0/s1. The van der Waals surface area contributed by atoms with E-state index in [-0.39, 0.29) is 11.4 Å². The number of oxime groups is 1. The highest BCUT2D eigenvalue weighted by Gasteiger charge is 2.41. The molecule has 9 nitrogen and oxygen atoms in total. The quantitative estimate of drug-likeness (QED) is 0.543. The topological polar surface area (TPSA) is 106 Å². The molecular weight excluding hydrogens is 477 g/mol. The van der Waals surface area contributed by atoms with Crippen molar-refractivity contribution in [3.05, 3.63) is 58.1 Å². The van der Waals surface area contributed by atoms with Crippen LogP contribution in [0.5, 0.6) is 5.75 Å². The van der Waals surface area contributed by atoms with Gasteiger partial charge in [0.15, 0.2) is 5.82 Å². The van der Waals surface area contributed by atoms with Gasteiger partial charge in [0.05, 0.1) is 11.2 Å². The van der Waals surface area contributed by atoms with E-state index in [1.807, 2.05) is 11.0 Å². The summed E-state index contributed by atoms with van der Waals surface area (Å²) >= 11 is 0. The summed E-state index contributed by atoms with van der Waals surface area (Å²) in [4.78, 5) is 29.0. The zero-order chi connectivity index (χ0) is 25.5. The fraction of sp³-hybridized carbons (Fsp3) is 0.375. The Morgan fingerprint density at radius 3 is 2.61 bits per heavy atom. The molecule has 0 aliphatic carbocycles. The number of halogens is 3. The summed E-state index contributed by atoms with van der Waals surface area (Å²) in [5, 5.41) is 13.5. The first-order valence-electron chi connectivity index (χ1n) is 11.3. The van der Waals surface area contributed by atoms with Crippen LogP contribution in [0.3, 0.4) is 0 Å². The van der Waals surface area contributed by atoms with Crippen LogP contribution in [0.1, 0.15) is 36.9 Å². The van der Waals surface area contributed by atoms with Crippen molar-refractivity contribution in [2.45, 2.75) is 37.6 Å². The van der Waals surface area contributed by atoms with E-state index < -0.39 is 17.7 Å². The number of aryl methyl sites for hydroxylation is 1. The smallest absolute Gasteiger partial charge is 0.406 e. The van der Waals surface area contributed by atoms with E-state index in [9.17, 15) is 23.2 Å². The van der Waals surface area contributed by atoms with Gasteiger partial charge in [-0.2, -0.15) is 10.2 Å². The third-order valence-electron chi connectivity index (χ3n) is 6.51. The monoisotopic (exact) mass is 498 g/mol. The Kier molecular flexibility index (Phi) is 5.78. The predicted octanol–water partition coefficient (Wildman–Crippen LogP) is 3.65. The largest absolute Gasteiger partial charge is 0.573 e. The molecule has 0 radical (unpaired) electrons. The van der Waals surface area contributed by atoms with Crippen LogP contribution in [0.4, 0.5) is 19.0 Å². The zero-order valence-corrected chi connectivity index (χ0v) is 19.2. The molecule has 1 aromatic carbocycles. The van der Waals surface area contributed by atoms with Crippen molar-refractivity contribution in [1.82, 2.24) is 14.5 Å². The number of fused-ring (bicyclic) bond motifs is 1. The van der Waals surface area contributed by atoms with Crippen molar-refractivity contribution < 1.29 is 22.7 Å². The maximum atomic E-state index is 12.5. The molecule has 2 aliphatic rings. The highest BCUT2D eigenvalue weighted by atomic mass is 19.4. The molecule has 1 saturated heterocycles. The summed E-state index contributed by atoms with van der Waals surface area (Å²) in [5.41, 5.74) is 1.64.